The van der Waals surface area contributed by atoms with Crippen molar-refractivity contribution in [3.05, 3.63) is 79.9 Å². The predicted octanol–water partition coefficient (Wildman–Crippen LogP) is 3.17. The van der Waals surface area contributed by atoms with E-state index in [0.29, 0.717) is 11.1 Å². The normalized spacial score (nSPS) is 10.6. The van der Waals surface area contributed by atoms with Crippen molar-refractivity contribution in [1.29, 1.82) is 0 Å². The van der Waals surface area contributed by atoms with Gasteiger partial charge in [-0.2, -0.15) is 0 Å². The summed E-state index contributed by atoms with van der Waals surface area (Å²) in [5, 5.41) is 21.7. The summed E-state index contributed by atoms with van der Waals surface area (Å²) in [6, 6.07) is 12.5. The van der Waals surface area contributed by atoms with Gasteiger partial charge in [-0.25, -0.2) is 0 Å². The number of hydrogen-bond acceptors (Lipinski definition) is 7. The first-order chi connectivity index (χ1) is 12.1. The monoisotopic (exact) mass is 348 g/mol. The van der Waals surface area contributed by atoms with Crippen LogP contribution in [0.25, 0.3) is 0 Å². The van der Waals surface area contributed by atoms with Gasteiger partial charge in [0.25, 0.3) is 11.4 Å². The number of rotatable bonds is 10. The quantitative estimate of drug-likeness (QED) is 0.280. The van der Waals surface area contributed by atoms with Crippen LogP contribution in [0, 0.1) is 20.2 Å². The molecule has 2 aromatic rings. The fourth-order valence-corrected chi connectivity index (χ4v) is 2.08. The van der Waals surface area contributed by atoms with Crippen LogP contribution < -0.4 is 0 Å². The van der Waals surface area contributed by atoms with Crippen molar-refractivity contribution in [2.24, 2.45) is 0 Å². The zero-order chi connectivity index (χ0) is 18.1. The number of benzene rings is 2. The number of hydrogen-bond donors (Lipinski definition) is 0. The number of nitro groups is 2. The van der Waals surface area contributed by atoms with E-state index in [2.05, 4.69) is 0 Å². The van der Waals surface area contributed by atoms with E-state index < -0.39 is 9.85 Å². The van der Waals surface area contributed by atoms with E-state index in [4.69, 9.17) is 14.2 Å². The Hall–Kier alpha value is -2.88. The summed E-state index contributed by atoms with van der Waals surface area (Å²) < 4.78 is 15.5. The lowest BCUT2D eigenvalue weighted by atomic mass is 10.2. The molecule has 9 heteroatoms. The minimum atomic E-state index is -0.477. The minimum absolute atomic E-state index is 0.0184. The van der Waals surface area contributed by atoms with Gasteiger partial charge in [0.2, 0.25) is 0 Å². The zero-order valence-corrected chi connectivity index (χ0v) is 13.2. The molecule has 0 spiro atoms. The maximum atomic E-state index is 10.9. The molecule has 0 atom stereocenters. The number of ether oxygens (including phenoxy) is 3. The lowest BCUT2D eigenvalue weighted by Crippen LogP contribution is -2.06. The summed E-state index contributed by atoms with van der Waals surface area (Å²) >= 11 is 0. The van der Waals surface area contributed by atoms with Gasteiger partial charge in [0.05, 0.1) is 34.2 Å². The number of nitrogens with zero attached hydrogens (tertiary/aromatic N) is 2. The molecule has 25 heavy (non-hydrogen) atoms. The van der Waals surface area contributed by atoms with E-state index in [9.17, 15) is 20.2 Å². The van der Waals surface area contributed by atoms with Crippen molar-refractivity contribution in [2.45, 2.75) is 13.2 Å². The fraction of sp³-hybridized carbons (Fsp3) is 0.250. The Kier molecular flexibility index (Phi) is 6.96. The average molecular weight is 348 g/mol. The second-order valence-electron chi connectivity index (χ2n) is 4.91. The van der Waals surface area contributed by atoms with Crippen LogP contribution in [0.5, 0.6) is 0 Å². The maximum Gasteiger partial charge on any atom is 0.274 e. The molecule has 0 amide bonds. The van der Waals surface area contributed by atoms with E-state index in [1.165, 1.54) is 12.1 Å². The average Bonchev–Trinajstić information content (AvgIpc) is 2.61. The Morgan fingerprint density at radius 2 is 1.08 bits per heavy atom. The molecular formula is C16H16N2O7. The summed E-state index contributed by atoms with van der Waals surface area (Å²) in [5.41, 5.74) is 0.846. The van der Waals surface area contributed by atoms with Crippen molar-refractivity contribution in [2.75, 3.05) is 13.6 Å². The lowest BCUT2D eigenvalue weighted by Gasteiger charge is -2.07. The summed E-state index contributed by atoms with van der Waals surface area (Å²) in [5.74, 6) is 0. The van der Waals surface area contributed by atoms with Gasteiger partial charge in [0, 0.05) is 12.1 Å². The van der Waals surface area contributed by atoms with Gasteiger partial charge in [-0.05, 0) is 12.1 Å². The van der Waals surface area contributed by atoms with E-state index >= 15 is 0 Å². The highest BCUT2D eigenvalue weighted by atomic mass is 16.7. The SMILES string of the molecule is O=[N+]([O-])c1ccccc1COCOCOCc1ccccc1[N+](=O)[O-]. The van der Waals surface area contributed by atoms with Crippen molar-refractivity contribution < 1.29 is 24.1 Å². The zero-order valence-electron chi connectivity index (χ0n) is 13.2. The highest BCUT2D eigenvalue weighted by molar-refractivity contribution is 5.39. The van der Waals surface area contributed by atoms with Gasteiger partial charge in [0.15, 0.2) is 0 Å². The van der Waals surface area contributed by atoms with Crippen molar-refractivity contribution >= 4 is 11.4 Å². The molecule has 0 bridgehead atoms. The fourth-order valence-electron chi connectivity index (χ4n) is 2.08. The van der Waals surface area contributed by atoms with Crippen molar-refractivity contribution in [3.63, 3.8) is 0 Å². The van der Waals surface area contributed by atoms with Crippen LogP contribution in [0.4, 0.5) is 11.4 Å². The molecule has 2 aromatic carbocycles. The van der Waals surface area contributed by atoms with Gasteiger partial charge in [-0.15, -0.1) is 0 Å². The number of nitro benzene ring substituents is 2. The summed E-state index contributed by atoms with van der Waals surface area (Å²) in [4.78, 5) is 20.8. The van der Waals surface area contributed by atoms with E-state index in [1.807, 2.05) is 0 Å². The van der Waals surface area contributed by atoms with Crippen LogP contribution in [0.1, 0.15) is 11.1 Å². The van der Waals surface area contributed by atoms with E-state index in [-0.39, 0.29) is 38.2 Å². The first-order valence-corrected chi connectivity index (χ1v) is 7.27. The molecule has 0 saturated heterocycles. The molecule has 2 rings (SSSR count). The van der Waals surface area contributed by atoms with Crippen LogP contribution in [0.15, 0.2) is 48.5 Å². The Morgan fingerprint density at radius 1 is 0.680 bits per heavy atom. The first-order valence-electron chi connectivity index (χ1n) is 7.27. The van der Waals surface area contributed by atoms with E-state index in [0.717, 1.165) is 0 Å². The molecule has 0 aliphatic heterocycles. The third kappa shape index (κ3) is 5.60. The van der Waals surface area contributed by atoms with Crippen molar-refractivity contribution in [1.82, 2.24) is 0 Å². The third-order valence-corrected chi connectivity index (χ3v) is 3.23. The Morgan fingerprint density at radius 3 is 1.48 bits per heavy atom. The Labute approximate surface area is 143 Å². The summed E-state index contributed by atoms with van der Waals surface area (Å²) in [6.07, 6.45) is 0. The first kappa shape index (κ1) is 18.5. The lowest BCUT2D eigenvalue weighted by molar-refractivity contribution is -0.386. The van der Waals surface area contributed by atoms with E-state index in [1.54, 1.807) is 36.4 Å². The van der Waals surface area contributed by atoms with Crippen LogP contribution in [-0.2, 0) is 27.4 Å². The second-order valence-corrected chi connectivity index (χ2v) is 4.91. The standard InChI is InChI=1S/C16H16N2O7/c19-17(20)15-7-3-1-5-13(15)9-23-11-25-12-24-10-14-6-2-4-8-16(14)18(21)22/h1-8H,9-12H2. The predicted molar refractivity (Wildman–Crippen MR) is 86.6 cm³/mol. The van der Waals surface area contributed by atoms with Gasteiger partial charge in [0.1, 0.15) is 13.6 Å². The smallest absolute Gasteiger partial charge is 0.274 e. The maximum absolute atomic E-state index is 10.9. The minimum Gasteiger partial charge on any atom is -0.350 e. The molecule has 9 nitrogen and oxygen atoms in total. The molecule has 0 unspecified atom stereocenters. The van der Waals surface area contributed by atoms with Gasteiger partial charge in [-0.3, -0.25) is 20.2 Å². The Balaban J connectivity index is 1.68. The van der Waals surface area contributed by atoms with Gasteiger partial charge >= 0.3 is 0 Å². The molecule has 0 radical (unpaired) electrons. The van der Waals surface area contributed by atoms with Crippen molar-refractivity contribution in [3.8, 4) is 0 Å². The molecule has 0 aliphatic rings. The molecule has 0 saturated carbocycles. The highest BCUT2D eigenvalue weighted by Crippen LogP contribution is 2.19. The van der Waals surface area contributed by atoms with Gasteiger partial charge in [-0.1, -0.05) is 24.3 Å². The summed E-state index contributed by atoms with van der Waals surface area (Å²) in [6.45, 7) is -0.186. The third-order valence-electron chi connectivity index (χ3n) is 3.23. The molecule has 0 aromatic heterocycles. The molecule has 0 N–H and O–H groups in total. The number of para-hydroxylation sites is 2. The van der Waals surface area contributed by atoms with Crippen LogP contribution >= 0.6 is 0 Å². The topological polar surface area (TPSA) is 114 Å². The largest absolute Gasteiger partial charge is 0.350 e. The van der Waals surface area contributed by atoms with Crippen LogP contribution in [0.2, 0.25) is 0 Å². The molecule has 0 heterocycles. The van der Waals surface area contributed by atoms with Crippen LogP contribution in [-0.4, -0.2) is 23.4 Å². The molecule has 132 valence electrons. The summed E-state index contributed by atoms with van der Waals surface area (Å²) in [7, 11) is 0. The highest BCUT2D eigenvalue weighted by Gasteiger charge is 2.13. The molecular weight excluding hydrogens is 332 g/mol. The van der Waals surface area contributed by atoms with Gasteiger partial charge < -0.3 is 14.2 Å². The molecule has 0 fully saturated rings. The Bertz CT molecular complexity index is 674. The second kappa shape index (κ2) is 9.42. The van der Waals surface area contributed by atoms with Crippen LogP contribution in [0.3, 0.4) is 0 Å². The molecule has 0 aliphatic carbocycles.